The SMILES string of the molecule is Cc1ccc(N2C[C@H](C(=O)NCc3nc4ccccc4n3C)CC2=O)cc1F. The van der Waals surface area contributed by atoms with Crippen LogP contribution in [0.4, 0.5) is 10.1 Å². The van der Waals surface area contributed by atoms with E-state index in [0.717, 1.165) is 16.9 Å². The summed E-state index contributed by atoms with van der Waals surface area (Å²) in [5, 5.41) is 2.88. The normalized spacial score (nSPS) is 16.8. The molecule has 3 aromatic rings. The van der Waals surface area contributed by atoms with Crippen molar-refractivity contribution in [2.45, 2.75) is 19.9 Å². The highest BCUT2D eigenvalue weighted by molar-refractivity contribution is 6.00. The van der Waals surface area contributed by atoms with E-state index >= 15 is 0 Å². The number of benzene rings is 2. The molecule has 1 saturated heterocycles. The van der Waals surface area contributed by atoms with Crippen molar-refractivity contribution in [2.24, 2.45) is 13.0 Å². The molecule has 1 fully saturated rings. The molecule has 1 aliphatic rings. The molecule has 7 heteroatoms. The summed E-state index contributed by atoms with van der Waals surface area (Å²) in [6.07, 6.45) is 0.115. The zero-order chi connectivity index (χ0) is 19.8. The van der Waals surface area contributed by atoms with Gasteiger partial charge >= 0.3 is 0 Å². The lowest BCUT2D eigenvalue weighted by Gasteiger charge is -2.17. The molecule has 0 unspecified atom stereocenters. The molecule has 0 saturated carbocycles. The topological polar surface area (TPSA) is 67.2 Å². The van der Waals surface area contributed by atoms with Gasteiger partial charge in [0.05, 0.1) is 23.5 Å². The van der Waals surface area contributed by atoms with Crippen molar-refractivity contribution in [1.29, 1.82) is 0 Å². The Bertz CT molecular complexity index is 1080. The maximum absolute atomic E-state index is 13.8. The molecule has 144 valence electrons. The lowest BCUT2D eigenvalue weighted by atomic mass is 10.1. The molecule has 1 aliphatic heterocycles. The number of nitrogens with zero attached hydrogens (tertiary/aromatic N) is 3. The Morgan fingerprint density at radius 3 is 2.82 bits per heavy atom. The van der Waals surface area contributed by atoms with Crippen LogP contribution in [-0.2, 0) is 23.2 Å². The third kappa shape index (κ3) is 3.24. The van der Waals surface area contributed by atoms with Gasteiger partial charge in [-0.2, -0.15) is 0 Å². The van der Waals surface area contributed by atoms with Crippen molar-refractivity contribution >= 4 is 28.5 Å². The number of para-hydroxylation sites is 2. The maximum atomic E-state index is 13.8. The van der Waals surface area contributed by atoms with Crippen LogP contribution >= 0.6 is 0 Å². The Balaban J connectivity index is 1.43. The Kier molecular flexibility index (Phi) is 4.58. The zero-order valence-electron chi connectivity index (χ0n) is 15.8. The van der Waals surface area contributed by atoms with Gasteiger partial charge in [0.2, 0.25) is 11.8 Å². The minimum Gasteiger partial charge on any atom is -0.349 e. The second-order valence-electron chi connectivity index (χ2n) is 7.13. The van der Waals surface area contributed by atoms with Gasteiger partial charge in [-0.05, 0) is 36.8 Å². The highest BCUT2D eigenvalue weighted by Gasteiger charge is 2.35. The molecule has 0 bridgehead atoms. The number of fused-ring (bicyclic) bond motifs is 1. The number of hydrogen-bond acceptors (Lipinski definition) is 3. The van der Waals surface area contributed by atoms with E-state index in [0.29, 0.717) is 11.3 Å². The Labute approximate surface area is 162 Å². The van der Waals surface area contributed by atoms with E-state index < -0.39 is 5.92 Å². The zero-order valence-corrected chi connectivity index (χ0v) is 15.8. The van der Waals surface area contributed by atoms with Crippen LogP contribution in [0.15, 0.2) is 42.5 Å². The fourth-order valence-electron chi connectivity index (χ4n) is 3.55. The van der Waals surface area contributed by atoms with Crippen molar-refractivity contribution in [1.82, 2.24) is 14.9 Å². The number of aryl methyl sites for hydroxylation is 2. The molecule has 1 N–H and O–H groups in total. The molecule has 2 heterocycles. The fraction of sp³-hybridized carbons (Fsp3) is 0.286. The van der Waals surface area contributed by atoms with Crippen LogP contribution in [0.2, 0.25) is 0 Å². The summed E-state index contributed by atoms with van der Waals surface area (Å²) >= 11 is 0. The minimum atomic E-state index is -0.466. The average Bonchev–Trinajstić information content (AvgIpc) is 3.23. The number of aromatic nitrogens is 2. The fourth-order valence-corrected chi connectivity index (χ4v) is 3.55. The van der Waals surface area contributed by atoms with Gasteiger partial charge in [-0.15, -0.1) is 0 Å². The Morgan fingerprint density at radius 2 is 2.07 bits per heavy atom. The van der Waals surface area contributed by atoms with Crippen LogP contribution in [0.1, 0.15) is 17.8 Å². The standard InChI is InChI=1S/C21H21FN4O2/c1-13-7-8-15(10-16(13)22)26-12-14(9-20(26)27)21(28)23-11-19-24-17-5-3-4-6-18(17)25(19)2/h3-8,10,14H,9,11-12H2,1-2H3,(H,23,28)/t14-/m1/s1. The quantitative estimate of drug-likeness (QED) is 0.757. The summed E-state index contributed by atoms with van der Waals surface area (Å²) in [4.78, 5) is 30.9. The number of imidazole rings is 1. The predicted octanol–water partition coefficient (Wildman–Crippen LogP) is 2.69. The highest BCUT2D eigenvalue weighted by Crippen LogP contribution is 2.26. The predicted molar refractivity (Wildman–Crippen MR) is 104 cm³/mol. The number of nitrogens with one attached hydrogen (secondary N) is 1. The van der Waals surface area contributed by atoms with Crippen LogP contribution in [0.25, 0.3) is 11.0 Å². The summed E-state index contributed by atoms with van der Waals surface area (Å²) in [5.41, 5.74) is 2.87. The van der Waals surface area contributed by atoms with Gasteiger partial charge in [-0.1, -0.05) is 18.2 Å². The number of carbonyl (C=O) groups excluding carboxylic acids is 2. The van der Waals surface area contributed by atoms with Gasteiger partial charge in [0, 0.05) is 25.7 Å². The Morgan fingerprint density at radius 1 is 1.29 bits per heavy atom. The first kappa shape index (κ1) is 18.2. The lowest BCUT2D eigenvalue weighted by molar-refractivity contribution is -0.126. The third-order valence-corrected chi connectivity index (χ3v) is 5.26. The van der Waals surface area contributed by atoms with E-state index in [1.165, 1.54) is 11.0 Å². The summed E-state index contributed by atoms with van der Waals surface area (Å²) < 4.78 is 15.8. The van der Waals surface area contributed by atoms with E-state index in [9.17, 15) is 14.0 Å². The van der Waals surface area contributed by atoms with Crippen LogP contribution in [0.3, 0.4) is 0 Å². The van der Waals surface area contributed by atoms with E-state index in [-0.39, 0.29) is 37.1 Å². The summed E-state index contributed by atoms with van der Waals surface area (Å²) in [7, 11) is 1.91. The molecule has 2 aromatic carbocycles. The first-order valence-electron chi connectivity index (χ1n) is 9.18. The molecule has 0 aliphatic carbocycles. The molecule has 4 rings (SSSR count). The van der Waals surface area contributed by atoms with E-state index in [1.807, 2.05) is 35.9 Å². The number of anilines is 1. The molecular formula is C21H21FN4O2. The molecule has 28 heavy (non-hydrogen) atoms. The smallest absolute Gasteiger partial charge is 0.227 e. The van der Waals surface area contributed by atoms with Crippen LogP contribution < -0.4 is 10.2 Å². The van der Waals surface area contributed by atoms with E-state index in [2.05, 4.69) is 10.3 Å². The first-order chi connectivity index (χ1) is 13.4. The van der Waals surface area contributed by atoms with Crippen LogP contribution in [0, 0.1) is 18.7 Å². The molecule has 0 radical (unpaired) electrons. The van der Waals surface area contributed by atoms with Gasteiger partial charge < -0.3 is 14.8 Å². The minimum absolute atomic E-state index is 0.115. The van der Waals surface area contributed by atoms with Crippen LogP contribution in [-0.4, -0.2) is 27.9 Å². The van der Waals surface area contributed by atoms with Gasteiger partial charge in [0.1, 0.15) is 11.6 Å². The highest BCUT2D eigenvalue weighted by atomic mass is 19.1. The third-order valence-electron chi connectivity index (χ3n) is 5.26. The van der Waals surface area contributed by atoms with E-state index in [4.69, 9.17) is 0 Å². The van der Waals surface area contributed by atoms with Crippen molar-refractivity contribution in [3.05, 3.63) is 59.7 Å². The largest absolute Gasteiger partial charge is 0.349 e. The lowest BCUT2D eigenvalue weighted by Crippen LogP contribution is -2.33. The summed E-state index contributed by atoms with van der Waals surface area (Å²) in [6.45, 7) is 2.20. The van der Waals surface area contributed by atoms with Crippen LogP contribution in [0.5, 0.6) is 0 Å². The molecule has 6 nitrogen and oxygen atoms in total. The monoisotopic (exact) mass is 380 g/mol. The first-order valence-corrected chi connectivity index (χ1v) is 9.18. The molecule has 0 spiro atoms. The number of hydrogen-bond donors (Lipinski definition) is 1. The molecule has 1 aromatic heterocycles. The number of halogens is 1. The second kappa shape index (κ2) is 7.07. The summed E-state index contributed by atoms with van der Waals surface area (Å²) in [6, 6.07) is 12.4. The van der Waals surface area contributed by atoms with Crippen molar-refractivity contribution in [2.75, 3.05) is 11.4 Å². The summed E-state index contributed by atoms with van der Waals surface area (Å²) in [5.74, 6) is -0.454. The number of carbonyl (C=O) groups is 2. The number of amides is 2. The van der Waals surface area contributed by atoms with Gasteiger partial charge in [-0.3, -0.25) is 9.59 Å². The maximum Gasteiger partial charge on any atom is 0.227 e. The van der Waals surface area contributed by atoms with Gasteiger partial charge in [0.25, 0.3) is 0 Å². The van der Waals surface area contributed by atoms with Crippen molar-refractivity contribution in [3.63, 3.8) is 0 Å². The molecule has 2 amide bonds. The van der Waals surface area contributed by atoms with E-state index in [1.54, 1.807) is 19.1 Å². The molecule has 1 atom stereocenters. The van der Waals surface area contributed by atoms with Gasteiger partial charge in [0.15, 0.2) is 0 Å². The van der Waals surface area contributed by atoms with Crippen molar-refractivity contribution in [3.8, 4) is 0 Å². The number of rotatable bonds is 4. The van der Waals surface area contributed by atoms with Crippen molar-refractivity contribution < 1.29 is 14.0 Å². The molecular weight excluding hydrogens is 359 g/mol. The average molecular weight is 380 g/mol. The Hall–Kier alpha value is -3.22. The second-order valence-corrected chi connectivity index (χ2v) is 7.13. The van der Waals surface area contributed by atoms with Gasteiger partial charge in [-0.25, -0.2) is 9.37 Å².